The van der Waals surface area contributed by atoms with Crippen molar-refractivity contribution in [3.8, 4) is 0 Å². The van der Waals surface area contributed by atoms with E-state index in [0.717, 1.165) is 14.7 Å². The van der Waals surface area contributed by atoms with Gasteiger partial charge in [-0.3, -0.25) is 4.98 Å². The van der Waals surface area contributed by atoms with Gasteiger partial charge >= 0.3 is 0 Å². The normalized spacial score (nSPS) is 25.2. The first-order chi connectivity index (χ1) is 13.1. The van der Waals surface area contributed by atoms with E-state index in [9.17, 15) is 15.3 Å². The number of hydrogen-bond donors (Lipinski definition) is 4. The van der Waals surface area contributed by atoms with Crippen LogP contribution in [0.4, 0.5) is 5.82 Å². The minimum Gasteiger partial charge on any atom is -0.394 e. The molecule has 1 fully saturated rings. The number of aliphatic hydroxyl groups is 3. The summed E-state index contributed by atoms with van der Waals surface area (Å²) in [5.41, 5.74) is 1.44. The Morgan fingerprint density at radius 2 is 2.04 bits per heavy atom. The molecule has 27 heavy (non-hydrogen) atoms. The van der Waals surface area contributed by atoms with Gasteiger partial charge in [-0.15, -0.1) is 0 Å². The Bertz CT molecular complexity index is 938. The highest BCUT2D eigenvalue weighted by Gasteiger charge is 2.44. The van der Waals surface area contributed by atoms with E-state index in [4.69, 9.17) is 4.74 Å². The van der Waals surface area contributed by atoms with Crippen LogP contribution in [0.2, 0.25) is 0 Å². The quantitative estimate of drug-likeness (QED) is 0.390. The van der Waals surface area contributed by atoms with E-state index in [0.29, 0.717) is 18.0 Å². The van der Waals surface area contributed by atoms with Gasteiger partial charge in [-0.2, -0.15) is 0 Å². The van der Waals surface area contributed by atoms with Crippen LogP contribution in [-0.4, -0.2) is 59.8 Å². The SMILES string of the molecule is OC[C@@H]1O[C@@H](n2cc(I)c3c(NCc4ccccn4)ncnc32)[C@H](O)[C@@H]1O. The summed E-state index contributed by atoms with van der Waals surface area (Å²) in [7, 11) is 0. The van der Waals surface area contributed by atoms with Crippen molar-refractivity contribution >= 4 is 39.4 Å². The number of hydrogen-bond acceptors (Lipinski definition) is 8. The molecule has 0 amide bonds. The van der Waals surface area contributed by atoms with Crippen molar-refractivity contribution < 1.29 is 20.1 Å². The number of ether oxygens (including phenoxy) is 1. The lowest BCUT2D eigenvalue weighted by atomic mass is 10.1. The van der Waals surface area contributed by atoms with E-state index in [1.807, 2.05) is 18.2 Å². The number of nitrogens with zero attached hydrogens (tertiary/aromatic N) is 4. The maximum absolute atomic E-state index is 10.3. The lowest BCUT2D eigenvalue weighted by Crippen LogP contribution is -2.33. The van der Waals surface area contributed by atoms with Crippen LogP contribution in [0.15, 0.2) is 36.9 Å². The second-order valence-corrected chi connectivity index (χ2v) is 7.37. The number of halogens is 1. The van der Waals surface area contributed by atoms with E-state index in [1.165, 1.54) is 6.33 Å². The Balaban J connectivity index is 1.67. The zero-order valence-electron chi connectivity index (χ0n) is 14.1. The maximum atomic E-state index is 10.3. The molecular weight excluding hydrogens is 465 g/mol. The number of fused-ring (bicyclic) bond motifs is 1. The molecule has 142 valence electrons. The van der Waals surface area contributed by atoms with Crippen LogP contribution in [0.5, 0.6) is 0 Å². The number of rotatable bonds is 5. The zero-order chi connectivity index (χ0) is 19.0. The van der Waals surface area contributed by atoms with Crippen LogP contribution in [0.25, 0.3) is 11.0 Å². The Labute approximate surface area is 168 Å². The monoisotopic (exact) mass is 483 g/mol. The predicted molar refractivity (Wildman–Crippen MR) is 105 cm³/mol. The Hall–Kier alpha value is -1.86. The van der Waals surface area contributed by atoms with Gasteiger partial charge in [-0.25, -0.2) is 9.97 Å². The van der Waals surface area contributed by atoms with Crippen LogP contribution in [0, 0.1) is 3.57 Å². The van der Waals surface area contributed by atoms with Crippen LogP contribution in [0.1, 0.15) is 11.9 Å². The Morgan fingerprint density at radius 3 is 2.74 bits per heavy atom. The van der Waals surface area contributed by atoms with Crippen molar-refractivity contribution in [3.05, 3.63) is 46.2 Å². The van der Waals surface area contributed by atoms with E-state index >= 15 is 0 Å². The molecule has 1 aliphatic heterocycles. The van der Waals surface area contributed by atoms with Gasteiger partial charge in [-0.1, -0.05) is 6.07 Å². The standard InChI is InChI=1S/C17H18IN5O4/c18-10-6-23(17-14(26)13(25)11(7-24)27-17)16-12(10)15(21-8-22-16)20-5-9-3-1-2-4-19-9/h1-4,6,8,11,13-14,17,24-26H,5,7H2,(H,20,21,22)/t11-,13+,14+,17+/m0/s1. The van der Waals surface area contributed by atoms with Crippen molar-refractivity contribution in [2.75, 3.05) is 11.9 Å². The van der Waals surface area contributed by atoms with Gasteiger partial charge in [0.25, 0.3) is 0 Å². The molecule has 0 saturated carbocycles. The highest BCUT2D eigenvalue weighted by molar-refractivity contribution is 14.1. The summed E-state index contributed by atoms with van der Waals surface area (Å²) in [6, 6.07) is 5.69. The topological polar surface area (TPSA) is 126 Å². The molecule has 0 unspecified atom stereocenters. The molecule has 3 aromatic rings. The molecule has 10 heteroatoms. The molecule has 3 aromatic heterocycles. The molecule has 0 bridgehead atoms. The summed E-state index contributed by atoms with van der Waals surface area (Å²) in [6.07, 6.45) is 0.912. The highest BCUT2D eigenvalue weighted by Crippen LogP contribution is 2.35. The smallest absolute Gasteiger partial charge is 0.164 e. The highest BCUT2D eigenvalue weighted by atomic mass is 127. The van der Waals surface area contributed by atoms with Gasteiger partial charge < -0.3 is 29.9 Å². The molecule has 0 aromatic carbocycles. The molecular formula is C17H18IN5O4. The molecule has 1 aliphatic rings. The average molecular weight is 483 g/mol. The number of aromatic nitrogens is 4. The van der Waals surface area contributed by atoms with Crippen molar-refractivity contribution in [2.45, 2.75) is 31.1 Å². The number of pyridine rings is 1. The fraction of sp³-hybridized carbons (Fsp3) is 0.353. The van der Waals surface area contributed by atoms with Crippen LogP contribution >= 0.6 is 22.6 Å². The second kappa shape index (κ2) is 7.64. The summed E-state index contributed by atoms with van der Waals surface area (Å²) < 4.78 is 8.16. The number of nitrogens with one attached hydrogen (secondary N) is 1. The van der Waals surface area contributed by atoms with Crippen LogP contribution in [-0.2, 0) is 11.3 Å². The first kappa shape index (κ1) is 18.5. The van der Waals surface area contributed by atoms with Gasteiger partial charge in [0.2, 0.25) is 0 Å². The third-order valence-corrected chi connectivity index (χ3v) is 5.34. The summed E-state index contributed by atoms with van der Waals surface area (Å²) in [5.74, 6) is 0.639. The third-order valence-electron chi connectivity index (χ3n) is 4.52. The fourth-order valence-electron chi connectivity index (χ4n) is 3.15. The fourth-order valence-corrected chi connectivity index (χ4v) is 3.95. The van der Waals surface area contributed by atoms with Crippen molar-refractivity contribution in [2.24, 2.45) is 0 Å². The molecule has 1 saturated heterocycles. The lowest BCUT2D eigenvalue weighted by molar-refractivity contribution is -0.0509. The maximum Gasteiger partial charge on any atom is 0.164 e. The summed E-state index contributed by atoms with van der Waals surface area (Å²) in [6.45, 7) is 0.124. The molecule has 0 radical (unpaired) electrons. The van der Waals surface area contributed by atoms with E-state index in [1.54, 1.807) is 17.0 Å². The average Bonchev–Trinajstić information content (AvgIpc) is 3.18. The molecule has 9 nitrogen and oxygen atoms in total. The molecule has 4 heterocycles. The lowest BCUT2D eigenvalue weighted by Gasteiger charge is -2.17. The van der Waals surface area contributed by atoms with Crippen LogP contribution < -0.4 is 5.32 Å². The molecule has 0 aliphatic carbocycles. The van der Waals surface area contributed by atoms with E-state index in [2.05, 4.69) is 42.9 Å². The molecule has 4 N–H and O–H groups in total. The summed E-state index contributed by atoms with van der Waals surface area (Å²) in [5, 5.41) is 33.7. The molecule has 0 spiro atoms. The van der Waals surface area contributed by atoms with E-state index in [-0.39, 0.29) is 6.61 Å². The summed E-state index contributed by atoms with van der Waals surface area (Å²) in [4.78, 5) is 12.9. The van der Waals surface area contributed by atoms with Gasteiger partial charge in [0.1, 0.15) is 36.1 Å². The number of anilines is 1. The summed E-state index contributed by atoms with van der Waals surface area (Å²) >= 11 is 2.17. The second-order valence-electron chi connectivity index (χ2n) is 6.21. The Kier molecular flexibility index (Phi) is 5.23. The number of aliphatic hydroxyl groups excluding tert-OH is 3. The van der Waals surface area contributed by atoms with Gasteiger partial charge in [0.15, 0.2) is 6.23 Å². The zero-order valence-corrected chi connectivity index (χ0v) is 16.3. The van der Waals surface area contributed by atoms with Crippen molar-refractivity contribution in [1.82, 2.24) is 19.5 Å². The van der Waals surface area contributed by atoms with E-state index < -0.39 is 24.5 Å². The first-order valence-corrected chi connectivity index (χ1v) is 9.45. The largest absolute Gasteiger partial charge is 0.394 e. The van der Waals surface area contributed by atoms with Gasteiger partial charge in [0.05, 0.1) is 24.2 Å². The van der Waals surface area contributed by atoms with Crippen LogP contribution in [0.3, 0.4) is 0 Å². The minimum atomic E-state index is -1.17. The van der Waals surface area contributed by atoms with Crippen molar-refractivity contribution in [1.29, 1.82) is 0 Å². The Morgan fingerprint density at radius 1 is 1.19 bits per heavy atom. The van der Waals surface area contributed by atoms with Gasteiger partial charge in [-0.05, 0) is 34.7 Å². The van der Waals surface area contributed by atoms with Crippen molar-refractivity contribution in [3.63, 3.8) is 0 Å². The first-order valence-electron chi connectivity index (χ1n) is 8.37. The molecule has 4 atom stereocenters. The van der Waals surface area contributed by atoms with Gasteiger partial charge in [0, 0.05) is 16.0 Å². The third kappa shape index (κ3) is 3.38. The minimum absolute atomic E-state index is 0.378. The predicted octanol–water partition coefficient (Wildman–Crippen LogP) is 0.654. The molecule has 4 rings (SSSR count).